The third kappa shape index (κ3) is 3.66. The number of halogens is 3. The zero-order chi connectivity index (χ0) is 21.7. The molecule has 12 heteroatoms. The fourth-order valence-corrected chi connectivity index (χ4v) is 4.12. The van der Waals surface area contributed by atoms with Crippen LogP contribution in [0.2, 0.25) is 0 Å². The number of hydrogen-bond donors (Lipinski definition) is 0. The monoisotopic (exact) mass is 438 g/mol. The van der Waals surface area contributed by atoms with Crippen LogP contribution in [0.1, 0.15) is 36.9 Å². The predicted octanol–water partition coefficient (Wildman–Crippen LogP) is 3.02. The van der Waals surface area contributed by atoms with E-state index < -0.39 is 21.7 Å². The molecule has 0 aromatic carbocycles. The summed E-state index contributed by atoms with van der Waals surface area (Å²) in [6, 6.07) is 2.38. The molecular formula is C18H17F3N6O2S. The zero-order valence-corrected chi connectivity index (χ0v) is 16.9. The van der Waals surface area contributed by atoms with Gasteiger partial charge in [-0.2, -0.15) is 13.2 Å². The topological polar surface area (TPSA) is 104 Å². The summed E-state index contributed by atoms with van der Waals surface area (Å²) >= 11 is 0. The molecule has 0 spiro atoms. The number of rotatable bonds is 5. The van der Waals surface area contributed by atoms with Crippen LogP contribution in [0, 0.1) is 0 Å². The second kappa shape index (κ2) is 7.11. The molecule has 3 aromatic rings. The van der Waals surface area contributed by atoms with Crippen molar-refractivity contribution >= 4 is 9.84 Å². The summed E-state index contributed by atoms with van der Waals surface area (Å²) in [7, 11) is -2.11. The van der Waals surface area contributed by atoms with E-state index in [1.807, 2.05) is 0 Å². The average molecular weight is 438 g/mol. The molecule has 30 heavy (non-hydrogen) atoms. The van der Waals surface area contributed by atoms with E-state index in [2.05, 4.69) is 25.1 Å². The molecule has 4 rings (SSSR count). The molecule has 1 aliphatic carbocycles. The second-order valence-electron chi connectivity index (χ2n) is 6.99. The molecule has 158 valence electrons. The fourth-order valence-electron chi connectivity index (χ4n) is 3.05. The van der Waals surface area contributed by atoms with Crippen molar-refractivity contribution in [2.45, 2.75) is 36.8 Å². The summed E-state index contributed by atoms with van der Waals surface area (Å²) in [6.45, 7) is 1.53. The van der Waals surface area contributed by atoms with E-state index in [0.29, 0.717) is 5.92 Å². The summed E-state index contributed by atoms with van der Waals surface area (Å²) < 4.78 is 65.7. The molecule has 3 heterocycles. The lowest BCUT2D eigenvalue weighted by molar-refractivity contribution is -0.141. The molecule has 1 aliphatic rings. The van der Waals surface area contributed by atoms with Crippen molar-refractivity contribution < 1.29 is 21.6 Å². The lowest BCUT2D eigenvalue weighted by atomic mass is 10.2. The van der Waals surface area contributed by atoms with Crippen LogP contribution in [0.15, 0.2) is 29.6 Å². The molecule has 0 unspecified atom stereocenters. The predicted molar refractivity (Wildman–Crippen MR) is 100.0 cm³/mol. The minimum atomic E-state index is -4.64. The van der Waals surface area contributed by atoms with Gasteiger partial charge >= 0.3 is 6.18 Å². The minimum absolute atomic E-state index is 0.0332. The Kier molecular flexibility index (Phi) is 4.83. The Morgan fingerprint density at radius 1 is 1.10 bits per heavy atom. The number of hydrogen-bond acceptors (Lipinski definition) is 7. The first-order chi connectivity index (χ1) is 14.1. The molecule has 3 aromatic heterocycles. The first kappa shape index (κ1) is 20.4. The quantitative estimate of drug-likeness (QED) is 0.603. The van der Waals surface area contributed by atoms with Crippen molar-refractivity contribution in [3.05, 3.63) is 35.9 Å². The second-order valence-corrected chi connectivity index (χ2v) is 9.23. The Morgan fingerprint density at radius 3 is 2.43 bits per heavy atom. The summed E-state index contributed by atoms with van der Waals surface area (Å²) in [5.41, 5.74) is -0.252. The van der Waals surface area contributed by atoms with Crippen molar-refractivity contribution in [3.8, 4) is 23.0 Å². The van der Waals surface area contributed by atoms with Crippen LogP contribution < -0.4 is 0 Å². The highest BCUT2D eigenvalue weighted by Crippen LogP contribution is 2.41. The lowest BCUT2D eigenvalue weighted by Gasteiger charge is -2.11. The summed E-state index contributed by atoms with van der Waals surface area (Å²) in [5.74, 6) is 0.327. The van der Waals surface area contributed by atoms with E-state index in [0.717, 1.165) is 30.8 Å². The smallest absolute Gasteiger partial charge is 0.307 e. The summed E-state index contributed by atoms with van der Waals surface area (Å²) in [4.78, 5) is 11.5. The van der Waals surface area contributed by atoms with E-state index in [-0.39, 0.29) is 33.7 Å². The van der Waals surface area contributed by atoms with Crippen LogP contribution >= 0.6 is 0 Å². The Labute approximate surface area is 170 Å². The van der Waals surface area contributed by atoms with Gasteiger partial charge in [0.05, 0.1) is 10.6 Å². The van der Waals surface area contributed by atoms with Gasteiger partial charge in [-0.25, -0.2) is 18.4 Å². The number of alkyl halides is 3. The van der Waals surface area contributed by atoms with Crippen molar-refractivity contribution in [2.24, 2.45) is 7.05 Å². The number of aromatic nitrogens is 6. The number of sulfone groups is 1. The van der Waals surface area contributed by atoms with Crippen LogP contribution in [0.3, 0.4) is 0 Å². The van der Waals surface area contributed by atoms with Gasteiger partial charge in [0.25, 0.3) is 0 Å². The van der Waals surface area contributed by atoms with Crippen LogP contribution in [0.4, 0.5) is 13.2 Å². The first-order valence-corrected chi connectivity index (χ1v) is 10.8. The van der Waals surface area contributed by atoms with Gasteiger partial charge in [-0.3, -0.25) is 4.98 Å². The first-order valence-electron chi connectivity index (χ1n) is 9.14. The van der Waals surface area contributed by atoms with Crippen LogP contribution in [-0.2, 0) is 23.1 Å². The van der Waals surface area contributed by atoms with Crippen molar-refractivity contribution in [1.29, 1.82) is 0 Å². The number of nitrogens with zero attached hydrogens (tertiary/aromatic N) is 6. The molecular weight excluding hydrogens is 421 g/mol. The van der Waals surface area contributed by atoms with Gasteiger partial charge in [0.2, 0.25) is 0 Å². The Hall–Kier alpha value is -2.89. The normalized spacial score (nSPS) is 14.8. The fraction of sp³-hybridized carbons (Fsp3) is 0.389. The molecule has 8 nitrogen and oxygen atoms in total. The SMILES string of the molecule is CCS(=O)(=O)c1cc(C2CC2)cnc1-c1nnc(-c2cc(C(F)(F)F)ncn2)n1C. The van der Waals surface area contributed by atoms with Crippen LogP contribution in [-0.4, -0.2) is 43.9 Å². The standard InChI is InChI=1S/C18H17F3N6O2S/c1-3-30(28,29)13-6-11(10-4-5-10)8-22-15(13)17-26-25-16(27(17)2)12-7-14(18(19,20)21)24-9-23-12/h6-10H,3-5H2,1-2H3. The van der Waals surface area contributed by atoms with Gasteiger partial charge in [-0.05, 0) is 36.5 Å². The molecule has 0 N–H and O–H groups in total. The van der Waals surface area contributed by atoms with Gasteiger partial charge in [-0.15, -0.1) is 10.2 Å². The zero-order valence-electron chi connectivity index (χ0n) is 16.0. The Morgan fingerprint density at radius 2 is 1.80 bits per heavy atom. The molecule has 0 saturated heterocycles. The Balaban J connectivity index is 1.83. The molecule has 0 bridgehead atoms. The molecule has 1 fully saturated rings. The van der Waals surface area contributed by atoms with Crippen molar-refractivity contribution in [1.82, 2.24) is 29.7 Å². The summed E-state index contributed by atoms with van der Waals surface area (Å²) in [6.07, 6.45) is -0.266. The van der Waals surface area contributed by atoms with Crippen molar-refractivity contribution in [2.75, 3.05) is 5.75 Å². The van der Waals surface area contributed by atoms with Gasteiger partial charge in [0, 0.05) is 13.2 Å². The molecule has 0 amide bonds. The highest BCUT2D eigenvalue weighted by Gasteiger charge is 2.34. The van der Waals surface area contributed by atoms with Gasteiger partial charge in [0.15, 0.2) is 21.5 Å². The van der Waals surface area contributed by atoms with E-state index in [9.17, 15) is 21.6 Å². The van der Waals surface area contributed by atoms with E-state index >= 15 is 0 Å². The van der Waals surface area contributed by atoms with E-state index in [1.54, 1.807) is 12.3 Å². The van der Waals surface area contributed by atoms with E-state index in [1.165, 1.54) is 18.5 Å². The van der Waals surface area contributed by atoms with Gasteiger partial charge in [0.1, 0.15) is 23.4 Å². The molecule has 0 atom stereocenters. The van der Waals surface area contributed by atoms with E-state index in [4.69, 9.17) is 0 Å². The maximum absolute atomic E-state index is 13.0. The minimum Gasteiger partial charge on any atom is -0.307 e. The lowest BCUT2D eigenvalue weighted by Crippen LogP contribution is -2.10. The maximum Gasteiger partial charge on any atom is 0.433 e. The maximum atomic E-state index is 13.0. The van der Waals surface area contributed by atoms with Crippen LogP contribution in [0.5, 0.6) is 0 Å². The highest BCUT2D eigenvalue weighted by atomic mass is 32.2. The van der Waals surface area contributed by atoms with Crippen LogP contribution in [0.25, 0.3) is 23.0 Å². The third-order valence-electron chi connectivity index (χ3n) is 4.91. The average Bonchev–Trinajstić information content (AvgIpc) is 3.49. The van der Waals surface area contributed by atoms with Gasteiger partial charge < -0.3 is 4.57 Å². The molecule has 0 radical (unpaired) electrons. The Bertz CT molecular complexity index is 1220. The molecule has 1 saturated carbocycles. The van der Waals surface area contributed by atoms with Gasteiger partial charge in [-0.1, -0.05) is 6.92 Å². The summed E-state index contributed by atoms with van der Waals surface area (Å²) in [5, 5.41) is 7.92. The van der Waals surface area contributed by atoms with Crippen molar-refractivity contribution in [3.63, 3.8) is 0 Å². The molecule has 0 aliphatic heterocycles. The third-order valence-corrected chi connectivity index (χ3v) is 6.65. The number of pyridine rings is 1. The largest absolute Gasteiger partial charge is 0.433 e. The highest BCUT2D eigenvalue weighted by molar-refractivity contribution is 7.91.